The minimum atomic E-state index is -3.15. The van der Waals surface area contributed by atoms with Crippen molar-refractivity contribution in [3.63, 3.8) is 0 Å². The normalized spacial score (nSPS) is 10.6. The monoisotopic (exact) mass is 266 g/mol. The molecule has 0 heterocycles. The molecule has 5 heteroatoms. The van der Waals surface area contributed by atoms with Crippen LogP contribution in [-0.4, -0.2) is 34.8 Å². The zero-order chi connectivity index (χ0) is 13.6. The van der Waals surface area contributed by atoms with Crippen molar-refractivity contribution in [3.8, 4) is 11.8 Å². The van der Waals surface area contributed by atoms with E-state index in [0.29, 0.717) is 0 Å². The quantitative estimate of drug-likeness (QED) is 0.829. The summed E-state index contributed by atoms with van der Waals surface area (Å²) >= 11 is 0. The molecular formula is C13H18N2O2S. The van der Waals surface area contributed by atoms with Crippen molar-refractivity contribution in [1.82, 2.24) is 4.72 Å². The highest BCUT2D eigenvalue weighted by atomic mass is 32.2. The molecule has 0 amide bonds. The van der Waals surface area contributed by atoms with Crippen LogP contribution in [0.15, 0.2) is 24.3 Å². The van der Waals surface area contributed by atoms with Gasteiger partial charge in [0.1, 0.15) is 0 Å². The zero-order valence-corrected chi connectivity index (χ0v) is 11.7. The lowest BCUT2D eigenvalue weighted by Gasteiger charge is -2.11. The molecule has 1 rings (SSSR count). The van der Waals surface area contributed by atoms with E-state index in [9.17, 15) is 8.42 Å². The molecule has 98 valence electrons. The Labute approximate surface area is 109 Å². The molecule has 0 radical (unpaired) electrons. The third kappa shape index (κ3) is 4.78. The molecule has 18 heavy (non-hydrogen) atoms. The Kier molecular flexibility index (Phi) is 5.20. The van der Waals surface area contributed by atoms with Crippen LogP contribution < -0.4 is 9.62 Å². The predicted molar refractivity (Wildman–Crippen MR) is 75.1 cm³/mol. The fourth-order valence-electron chi connectivity index (χ4n) is 1.24. The first kappa shape index (κ1) is 14.6. The van der Waals surface area contributed by atoms with Gasteiger partial charge in [-0.2, -0.15) is 0 Å². The van der Waals surface area contributed by atoms with Crippen molar-refractivity contribution in [2.75, 3.05) is 31.3 Å². The minimum Gasteiger partial charge on any atom is -0.378 e. The summed E-state index contributed by atoms with van der Waals surface area (Å²) in [6.07, 6.45) is 0. The molecule has 1 N–H and O–H groups in total. The summed E-state index contributed by atoms with van der Waals surface area (Å²) in [5.41, 5.74) is 1.98. The van der Waals surface area contributed by atoms with Gasteiger partial charge >= 0.3 is 0 Å². The van der Waals surface area contributed by atoms with Gasteiger partial charge in [-0.25, -0.2) is 13.1 Å². The highest BCUT2D eigenvalue weighted by Gasteiger charge is 2.02. The van der Waals surface area contributed by atoms with Gasteiger partial charge in [0.2, 0.25) is 10.0 Å². The summed E-state index contributed by atoms with van der Waals surface area (Å²) < 4.78 is 24.7. The SMILES string of the molecule is CCS(=O)(=O)NCC#Cc1ccc(N(C)C)cc1. The Morgan fingerprint density at radius 2 is 1.83 bits per heavy atom. The van der Waals surface area contributed by atoms with Crippen molar-refractivity contribution in [3.05, 3.63) is 29.8 Å². The molecule has 0 saturated heterocycles. The van der Waals surface area contributed by atoms with Crippen LogP contribution >= 0.6 is 0 Å². The Balaban J connectivity index is 2.59. The molecule has 0 aliphatic carbocycles. The van der Waals surface area contributed by atoms with E-state index < -0.39 is 10.0 Å². The lowest BCUT2D eigenvalue weighted by atomic mass is 10.2. The largest absolute Gasteiger partial charge is 0.378 e. The van der Waals surface area contributed by atoms with Gasteiger partial charge in [-0.1, -0.05) is 11.8 Å². The molecule has 0 aliphatic heterocycles. The topological polar surface area (TPSA) is 49.4 Å². The van der Waals surface area contributed by atoms with Gasteiger partial charge in [0.05, 0.1) is 12.3 Å². The van der Waals surface area contributed by atoms with E-state index in [2.05, 4.69) is 16.6 Å². The Morgan fingerprint density at radius 1 is 1.22 bits per heavy atom. The molecule has 0 spiro atoms. The average Bonchev–Trinajstić information content (AvgIpc) is 2.35. The molecule has 0 atom stereocenters. The lowest BCUT2D eigenvalue weighted by molar-refractivity contribution is 0.587. The maximum absolute atomic E-state index is 11.1. The lowest BCUT2D eigenvalue weighted by Crippen LogP contribution is -2.25. The minimum absolute atomic E-state index is 0.0756. The summed E-state index contributed by atoms with van der Waals surface area (Å²) in [6, 6.07) is 7.77. The first-order valence-electron chi connectivity index (χ1n) is 5.68. The maximum Gasteiger partial charge on any atom is 0.212 e. The fraction of sp³-hybridized carbons (Fsp3) is 0.385. The third-order valence-corrected chi connectivity index (χ3v) is 3.72. The van der Waals surface area contributed by atoms with Crippen LogP contribution in [0.3, 0.4) is 0 Å². The average molecular weight is 266 g/mol. The van der Waals surface area contributed by atoms with E-state index in [1.54, 1.807) is 6.92 Å². The first-order chi connectivity index (χ1) is 8.44. The van der Waals surface area contributed by atoms with Crippen molar-refractivity contribution in [1.29, 1.82) is 0 Å². The smallest absolute Gasteiger partial charge is 0.212 e. The summed E-state index contributed by atoms with van der Waals surface area (Å²) in [7, 11) is 0.794. The number of nitrogens with zero attached hydrogens (tertiary/aromatic N) is 1. The molecule has 0 saturated carbocycles. The second kappa shape index (κ2) is 6.43. The van der Waals surface area contributed by atoms with Gasteiger partial charge in [0, 0.05) is 25.3 Å². The van der Waals surface area contributed by atoms with Crippen LogP contribution in [0.4, 0.5) is 5.69 Å². The molecule has 0 aromatic heterocycles. The van der Waals surface area contributed by atoms with Crippen molar-refractivity contribution < 1.29 is 8.42 Å². The van der Waals surface area contributed by atoms with Crippen LogP contribution in [-0.2, 0) is 10.0 Å². The number of hydrogen-bond donors (Lipinski definition) is 1. The number of sulfonamides is 1. The highest BCUT2D eigenvalue weighted by Crippen LogP contribution is 2.11. The van der Waals surface area contributed by atoms with E-state index in [-0.39, 0.29) is 12.3 Å². The standard InChI is InChI=1S/C13H18N2O2S/c1-4-18(16,17)14-11-5-6-12-7-9-13(10-8-12)15(2)3/h7-10,14H,4,11H2,1-3H3. The second-order valence-electron chi connectivity index (χ2n) is 3.97. The summed E-state index contributed by atoms with van der Waals surface area (Å²) in [5, 5.41) is 0. The predicted octanol–water partition coefficient (Wildman–Crippen LogP) is 1.04. The molecule has 0 unspecified atom stereocenters. The molecule has 1 aromatic rings. The summed E-state index contributed by atoms with van der Waals surface area (Å²) in [5.74, 6) is 5.77. The molecule has 1 aromatic carbocycles. The van der Waals surface area contributed by atoms with Crippen LogP contribution in [0.2, 0.25) is 0 Å². The molecular weight excluding hydrogens is 248 g/mol. The number of hydrogen-bond acceptors (Lipinski definition) is 3. The van der Waals surface area contributed by atoms with E-state index in [1.165, 1.54) is 0 Å². The van der Waals surface area contributed by atoms with Gasteiger partial charge in [0.15, 0.2) is 0 Å². The highest BCUT2D eigenvalue weighted by molar-refractivity contribution is 7.89. The maximum atomic E-state index is 11.1. The molecule has 0 fully saturated rings. The van der Waals surface area contributed by atoms with Crippen LogP contribution in [0.5, 0.6) is 0 Å². The van der Waals surface area contributed by atoms with Crippen molar-refractivity contribution >= 4 is 15.7 Å². The second-order valence-corrected chi connectivity index (χ2v) is 6.06. The van der Waals surface area contributed by atoms with Crippen molar-refractivity contribution in [2.45, 2.75) is 6.92 Å². The number of anilines is 1. The van der Waals surface area contributed by atoms with Gasteiger partial charge in [0.25, 0.3) is 0 Å². The third-order valence-electron chi connectivity index (χ3n) is 2.38. The molecule has 0 aliphatic rings. The summed E-state index contributed by atoms with van der Waals surface area (Å²) in [6.45, 7) is 1.74. The number of benzene rings is 1. The zero-order valence-electron chi connectivity index (χ0n) is 10.9. The van der Waals surface area contributed by atoms with E-state index >= 15 is 0 Å². The molecule has 4 nitrogen and oxygen atoms in total. The van der Waals surface area contributed by atoms with Crippen LogP contribution in [0.1, 0.15) is 12.5 Å². The Morgan fingerprint density at radius 3 is 2.33 bits per heavy atom. The fourth-order valence-corrected chi connectivity index (χ4v) is 1.73. The van der Waals surface area contributed by atoms with Crippen LogP contribution in [0, 0.1) is 11.8 Å². The number of rotatable bonds is 4. The van der Waals surface area contributed by atoms with Crippen molar-refractivity contribution in [2.24, 2.45) is 0 Å². The van der Waals surface area contributed by atoms with Gasteiger partial charge in [-0.05, 0) is 31.2 Å². The van der Waals surface area contributed by atoms with E-state index in [1.807, 2.05) is 43.3 Å². The molecule has 0 bridgehead atoms. The van der Waals surface area contributed by atoms with E-state index in [4.69, 9.17) is 0 Å². The van der Waals surface area contributed by atoms with E-state index in [0.717, 1.165) is 11.3 Å². The van der Waals surface area contributed by atoms with Gasteiger partial charge in [-0.15, -0.1) is 0 Å². The van der Waals surface area contributed by atoms with Crippen LogP contribution in [0.25, 0.3) is 0 Å². The Hall–Kier alpha value is -1.51. The summed E-state index contributed by atoms with van der Waals surface area (Å²) in [4.78, 5) is 2.01. The van der Waals surface area contributed by atoms with Gasteiger partial charge < -0.3 is 4.90 Å². The number of nitrogens with one attached hydrogen (secondary N) is 1. The Bertz CT molecular complexity index is 537. The first-order valence-corrected chi connectivity index (χ1v) is 7.33. The van der Waals surface area contributed by atoms with Gasteiger partial charge in [-0.3, -0.25) is 0 Å².